The van der Waals surface area contributed by atoms with Gasteiger partial charge in [0.15, 0.2) is 5.78 Å². The van der Waals surface area contributed by atoms with Crippen molar-refractivity contribution in [2.75, 3.05) is 0 Å². The van der Waals surface area contributed by atoms with Gasteiger partial charge in [0.05, 0.1) is 5.60 Å². The van der Waals surface area contributed by atoms with E-state index in [2.05, 4.69) is 20.8 Å². The molecule has 4 heteroatoms. The van der Waals surface area contributed by atoms with Gasteiger partial charge in [0.2, 0.25) is 0 Å². The maximum atomic E-state index is 11.8. The van der Waals surface area contributed by atoms with Crippen molar-refractivity contribution in [2.24, 2.45) is 22.7 Å². The zero-order chi connectivity index (χ0) is 17.9. The molecule has 24 heavy (non-hydrogen) atoms. The highest BCUT2D eigenvalue weighted by Crippen LogP contribution is 2.62. The highest BCUT2D eigenvalue weighted by molar-refractivity contribution is 6.36. The van der Waals surface area contributed by atoms with E-state index in [9.17, 15) is 15.0 Å². The second-order valence-electron chi connectivity index (χ2n) is 9.19. The van der Waals surface area contributed by atoms with Crippen LogP contribution in [0.2, 0.25) is 0 Å². The quantitative estimate of drug-likeness (QED) is 0.681. The maximum absolute atomic E-state index is 11.8. The van der Waals surface area contributed by atoms with Crippen LogP contribution in [0.3, 0.4) is 0 Å². The van der Waals surface area contributed by atoms with Gasteiger partial charge in [-0.05, 0) is 49.4 Å². The molecule has 0 aromatic rings. The van der Waals surface area contributed by atoms with E-state index < -0.39 is 11.0 Å². The zero-order valence-electron chi connectivity index (χ0n) is 15.1. The summed E-state index contributed by atoms with van der Waals surface area (Å²) in [5.74, 6) is 0.0667. The lowest BCUT2D eigenvalue weighted by Crippen LogP contribution is -2.57. The van der Waals surface area contributed by atoms with Crippen LogP contribution in [0.5, 0.6) is 0 Å². The van der Waals surface area contributed by atoms with E-state index in [-0.39, 0.29) is 28.3 Å². The Hall–Kier alpha value is -0.800. The van der Waals surface area contributed by atoms with Gasteiger partial charge in [-0.15, -0.1) is 11.6 Å². The summed E-state index contributed by atoms with van der Waals surface area (Å²) in [6.07, 6.45) is 8.25. The number of aliphatic hydroxyl groups excluding tert-OH is 1. The first-order valence-electron chi connectivity index (χ1n) is 9.02. The summed E-state index contributed by atoms with van der Waals surface area (Å²) in [5, 5.41) is 20.4. The largest absolute Gasteiger partial charge is 0.507 e. The number of allylic oxidation sites excluding steroid dienone is 2. The smallest absolute Gasteiger partial charge is 0.181 e. The minimum Gasteiger partial charge on any atom is -0.507 e. The summed E-state index contributed by atoms with van der Waals surface area (Å²) in [5.41, 5.74) is -0.200. The van der Waals surface area contributed by atoms with Gasteiger partial charge < -0.3 is 10.2 Å². The third-order valence-corrected chi connectivity index (χ3v) is 7.49. The van der Waals surface area contributed by atoms with Crippen LogP contribution in [0.1, 0.15) is 59.8 Å². The van der Waals surface area contributed by atoms with E-state index in [0.29, 0.717) is 11.5 Å². The fourth-order valence-corrected chi connectivity index (χ4v) is 6.10. The Morgan fingerprint density at radius 1 is 1.21 bits per heavy atom. The number of aliphatic hydroxyl groups is 2. The molecule has 0 aromatic heterocycles. The van der Waals surface area contributed by atoms with Gasteiger partial charge in [0.1, 0.15) is 11.1 Å². The molecule has 0 saturated heterocycles. The van der Waals surface area contributed by atoms with Gasteiger partial charge >= 0.3 is 0 Å². The molecule has 0 radical (unpaired) electrons. The van der Waals surface area contributed by atoms with E-state index in [1.165, 1.54) is 12.5 Å². The normalized spacial score (nSPS) is 46.8. The number of hydrogen-bond acceptors (Lipinski definition) is 3. The van der Waals surface area contributed by atoms with Crippen LogP contribution in [0.4, 0.5) is 0 Å². The molecule has 3 rings (SSSR count). The molecule has 134 valence electrons. The van der Waals surface area contributed by atoms with Crippen molar-refractivity contribution in [2.45, 2.75) is 70.8 Å². The van der Waals surface area contributed by atoms with Crippen molar-refractivity contribution >= 4 is 17.4 Å². The fraction of sp³-hybridized carbons (Fsp3) is 0.750. The first-order valence-corrected chi connectivity index (χ1v) is 9.46. The van der Waals surface area contributed by atoms with E-state index in [0.717, 1.165) is 25.7 Å². The Labute approximate surface area is 149 Å². The molecule has 2 N–H and O–H groups in total. The molecular formula is C20H29ClO3. The first kappa shape index (κ1) is 18.0. The van der Waals surface area contributed by atoms with Crippen LogP contribution in [-0.4, -0.2) is 27.0 Å². The Bertz CT molecular complexity index is 616. The van der Waals surface area contributed by atoms with Crippen LogP contribution >= 0.6 is 11.6 Å². The van der Waals surface area contributed by atoms with Crippen molar-refractivity contribution in [3.63, 3.8) is 0 Å². The SMILES string of the molecule is CC1(C)CCCC2(C)C1CCC(C)(O)C2C=C1C(O)=CC(=O)C1Cl. The predicted molar refractivity (Wildman–Crippen MR) is 96.0 cm³/mol. The standard InChI is InChI=1S/C20H29ClO3/c1-18(2)7-5-8-19(3)15(18)6-9-20(4,24)16(19)10-12-13(22)11-14(23)17(12)21/h10-11,15-17,22,24H,5-9H2,1-4H3. The molecule has 3 aliphatic carbocycles. The van der Waals surface area contributed by atoms with Crippen molar-refractivity contribution < 1.29 is 15.0 Å². The minimum absolute atomic E-state index is 0.0448. The van der Waals surface area contributed by atoms with Crippen LogP contribution in [-0.2, 0) is 4.79 Å². The lowest BCUT2D eigenvalue weighted by Gasteiger charge is -2.60. The van der Waals surface area contributed by atoms with Crippen LogP contribution in [0, 0.1) is 22.7 Å². The third kappa shape index (κ3) is 2.64. The molecular weight excluding hydrogens is 324 g/mol. The Balaban J connectivity index is 2.06. The fourth-order valence-electron chi connectivity index (χ4n) is 5.85. The average molecular weight is 353 g/mol. The molecule has 3 nitrogen and oxygen atoms in total. The van der Waals surface area contributed by atoms with Crippen LogP contribution in [0.15, 0.2) is 23.5 Å². The molecule has 5 unspecified atom stereocenters. The number of carbonyl (C=O) groups excluding carboxylic acids is 1. The van der Waals surface area contributed by atoms with Crippen molar-refractivity contribution in [3.05, 3.63) is 23.5 Å². The molecule has 0 aliphatic heterocycles. The summed E-state index contributed by atoms with van der Waals surface area (Å²) in [7, 11) is 0. The Morgan fingerprint density at radius 2 is 1.88 bits per heavy atom. The monoisotopic (exact) mass is 352 g/mol. The highest BCUT2D eigenvalue weighted by atomic mass is 35.5. The molecule has 0 bridgehead atoms. The van der Waals surface area contributed by atoms with Gasteiger partial charge in [0.25, 0.3) is 0 Å². The number of hydrogen-bond donors (Lipinski definition) is 2. The number of halogens is 1. The third-order valence-electron chi connectivity index (χ3n) is 7.04. The molecule has 0 heterocycles. The Kier molecular flexibility index (Phi) is 4.20. The Morgan fingerprint density at radius 3 is 2.46 bits per heavy atom. The van der Waals surface area contributed by atoms with Crippen molar-refractivity contribution in [1.82, 2.24) is 0 Å². The molecule has 0 aromatic carbocycles. The molecule has 0 amide bonds. The van der Waals surface area contributed by atoms with Crippen LogP contribution < -0.4 is 0 Å². The summed E-state index contributed by atoms with van der Waals surface area (Å²) in [4.78, 5) is 11.8. The van der Waals surface area contributed by atoms with Gasteiger partial charge in [-0.25, -0.2) is 0 Å². The maximum Gasteiger partial charge on any atom is 0.181 e. The summed E-state index contributed by atoms with van der Waals surface area (Å²) in [6, 6.07) is 0. The van der Waals surface area contributed by atoms with Crippen molar-refractivity contribution in [1.29, 1.82) is 0 Å². The van der Waals surface area contributed by atoms with E-state index in [4.69, 9.17) is 11.6 Å². The average Bonchev–Trinajstić information content (AvgIpc) is 2.67. The predicted octanol–water partition coefficient (Wildman–Crippen LogP) is 4.54. The molecule has 3 aliphatic rings. The first-order chi connectivity index (χ1) is 11.0. The number of rotatable bonds is 1. The van der Waals surface area contributed by atoms with Gasteiger partial charge in [0, 0.05) is 17.6 Å². The lowest BCUT2D eigenvalue weighted by molar-refractivity contribution is -0.149. The number of carbonyl (C=O) groups is 1. The number of alkyl halides is 1. The number of fused-ring (bicyclic) bond motifs is 1. The highest BCUT2D eigenvalue weighted by Gasteiger charge is 2.57. The summed E-state index contributed by atoms with van der Waals surface area (Å²) in [6.45, 7) is 8.83. The molecule has 2 saturated carbocycles. The van der Waals surface area contributed by atoms with Crippen LogP contribution in [0.25, 0.3) is 0 Å². The second-order valence-corrected chi connectivity index (χ2v) is 9.63. The van der Waals surface area contributed by atoms with E-state index in [1.54, 1.807) is 0 Å². The van der Waals surface area contributed by atoms with E-state index >= 15 is 0 Å². The molecule has 2 fully saturated rings. The summed E-state index contributed by atoms with van der Waals surface area (Å²) >= 11 is 6.20. The van der Waals surface area contributed by atoms with Gasteiger partial charge in [-0.3, -0.25) is 4.79 Å². The van der Waals surface area contributed by atoms with E-state index in [1.807, 2.05) is 13.0 Å². The molecule has 5 atom stereocenters. The lowest BCUT2D eigenvalue weighted by atomic mass is 9.45. The van der Waals surface area contributed by atoms with Gasteiger partial charge in [-0.1, -0.05) is 33.3 Å². The number of ketones is 1. The second kappa shape index (κ2) is 5.60. The summed E-state index contributed by atoms with van der Waals surface area (Å²) < 4.78 is 0. The topological polar surface area (TPSA) is 57.5 Å². The van der Waals surface area contributed by atoms with Gasteiger partial charge in [-0.2, -0.15) is 0 Å². The van der Waals surface area contributed by atoms with Crippen molar-refractivity contribution in [3.8, 4) is 0 Å². The zero-order valence-corrected chi connectivity index (χ0v) is 15.9. The molecule has 0 spiro atoms. The minimum atomic E-state index is -0.853.